The molecule has 1 saturated heterocycles. The highest BCUT2D eigenvalue weighted by molar-refractivity contribution is 6.09. The predicted octanol–water partition coefficient (Wildman–Crippen LogP) is 4.66. The molecule has 32 heavy (non-hydrogen) atoms. The standard InChI is InChI=1S/C25H24N6O/c26-15-20-21(27)12-17(18-4-3-5-22-19(18)7-9-28-22)13-23(20)30-25(32)16-6-8-29-24(14-16)31-10-1-2-11-31/h3-9,12-15,26,28H,1-2,10-11,27H2,(H,30,32). The molecular weight excluding hydrogens is 400 g/mol. The van der Waals surface area contributed by atoms with Crippen LogP contribution < -0.4 is 16.0 Å². The fraction of sp³-hybridized carbons (Fsp3) is 0.160. The van der Waals surface area contributed by atoms with E-state index >= 15 is 0 Å². The van der Waals surface area contributed by atoms with Gasteiger partial charge < -0.3 is 26.3 Å². The largest absolute Gasteiger partial charge is 0.398 e. The van der Waals surface area contributed by atoms with Gasteiger partial charge in [-0.2, -0.15) is 0 Å². The molecule has 1 amide bonds. The lowest BCUT2D eigenvalue weighted by molar-refractivity contribution is 0.102. The van der Waals surface area contributed by atoms with Crippen LogP contribution in [0.5, 0.6) is 0 Å². The van der Waals surface area contributed by atoms with Crippen LogP contribution in [0, 0.1) is 5.41 Å². The van der Waals surface area contributed by atoms with E-state index in [1.165, 1.54) is 6.21 Å². The molecule has 4 aromatic rings. The molecule has 2 aromatic heterocycles. The molecule has 0 aliphatic carbocycles. The Morgan fingerprint density at radius 1 is 1.16 bits per heavy atom. The van der Waals surface area contributed by atoms with E-state index in [4.69, 9.17) is 11.1 Å². The average Bonchev–Trinajstić information content (AvgIpc) is 3.51. The molecule has 1 fully saturated rings. The summed E-state index contributed by atoms with van der Waals surface area (Å²) in [5.41, 5.74) is 11.1. The fourth-order valence-electron chi connectivity index (χ4n) is 4.31. The van der Waals surface area contributed by atoms with Crippen LogP contribution in [0.1, 0.15) is 28.8 Å². The molecule has 5 rings (SSSR count). The van der Waals surface area contributed by atoms with Crippen molar-refractivity contribution in [3.63, 3.8) is 0 Å². The second-order valence-electron chi connectivity index (χ2n) is 7.97. The van der Waals surface area contributed by atoms with E-state index in [1.807, 2.05) is 48.7 Å². The molecule has 5 N–H and O–H groups in total. The Morgan fingerprint density at radius 3 is 2.81 bits per heavy atom. The van der Waals surface area contributed by atoms with Gasteiger partial charge in [0.15, 0.2) is 0 Å². The number of fused-ring (bicyclic) bond motifs is 1. The van der Waals surface area contributed by atoms with E-state index < -0.39 is 0 Å². The molecule has 0 bridgehead atoms. The summed E-state index contributed by atoms with van der Waals surface area (Å²) in [6, 6.07) is 15.3. The van der Waals surface area contributed by atoms with Crippen LogP contribution in [-0.2, 0) is 0 Å². The molecule has 0 unspecified atom stereocenters. The summed E-state index contributed by atoms with van der Waals surface area (Å²) in [7, 11) is 0. The van der Waals surface area contributed by atoms with Gasteiger partial charge in [0, 0.05) is 59.4 Å². The summed E-state index contributed by atoms with van der Waals surface area (Å²) in [6.45, 7) is 1.92. The first-order valence-electron chi connectivity index (χ1n) is 10.7. The number of hydrogen-bond acceptors (Lipinski definition) is 5. The number of aromatic nitrogens is 2. The Balaban J connectivity index is 1.50. The second-order valence-corrected chi connectivity index (χ2v) is 7.97. The molecule has 0 spiro atoms. The molecule has 0 radical (unpaired) electrons. The van der Waals surface area contributed by atoms with Gasteiger partial charge in [0.1, 0.15) is 5.82 Å². The Hall–Kier alpha value is -4.13. The van der Waals surface area contributed by atoms with Gasteiger partial charge in [-0.05, 0) is 60.4 Å². The molecule has 7 nitrogen and oxygen atoms in total. The number of pyridine rings is 1. The first-order chi connectivity index (χ1) is 15.6. The number of aromatic amines is 1. The summed E-state index contributed by atoms with van der Waals surface area (Å²) in [5, 5.41) is 11.9. The third kappa shape index (κ3) is 3.58. The van der Waals surface area contributed by atoms with Gasteiger partial charge in [-0.1, -0.05) is 12.1 Å². The molecule has 160 valence electrons. The van der Waals surface area contributed by atoms with Gasteiger partial charge in [0.2, 0.25) is 0 Å². The molecule has 1 aliphatic heterocycles. The van der Waals surface area contributed by atoms with Crippen LogP contribution in [0.4, 0.5) is 17.2 Å². The second kappa shape index (κ2) is 8.19. The number of amides is 1. The minimum Gasteiger partial charge on any atom is -0.398 e. The van der Waals surface area contributed by atoms with Crippen molar-refractivity contribution in [3.8, 4) is 11.1 Å². The summed E-state index contributed by atoms with van der Waals surface area (Å²) in [6.07, 6.45) is 7.01. The van der Waals surface area contributed by atoms with E-state index in [-0.39, 0.29) is 5.91 Å². The SMILES string of the molecule is N=Cc1c(N)cc(-c2cccc3[nH]ccc23)cc1NC(=O)c1ccnc(N2CCCC2)c1. The maximum Gasteiger partial charge on any atom is 0.255 e. The molecule has 2 aromatic carbocycles. The fourth-order valence-corrected chi connectivity index (χ4v) is 4.31. The van der Waals surface area contributed by atoms with E-state index in [9.17, 15) is 4.79 Å². The third-order valence-corrected chi connectivity index (χ3v) is 5.95. The monoisotopic (exact) mass is 424 g/mol. The van der Waals surface area contributed by atoms with Gasteiger partial charge in [0.05, 0.1) is 5.69 Å². The van der Waals surface area contributed by atoms with Crippen molar-refractivity contribution < 1.29 is 4.79 Å². The number of nitrogens with zero attached hydrogens (tertiary/aromatic N) is 2. The number of carbonyl (C=O) groups is 1. The topological polar surface area (TPSA) is 111 Å². The van der Waals surface area contributed by atoms with Gasteiger partial charge in [-0.3, -0.25) is 4.79 Å². The normalized spacial score (nSPS) is 13.4. The summed E-state index contributed by atoms with van der Waals surface area (Å²) < 4.78 is 0. The third-order valence-electron chi connectivity index (χ3n) is 5.95. The lowest BCUT2D eigenvalue weighted by Crippen LogP contribution is -2.20. The van der Waals surface area contributed by atoms with Crippen molar-refractivity contribution in [1.82, 2.24) is 9.97 Å². The summed E-state index contributed by atoms with van der Waals surface area (Å²) >= 11 is 0. The summed E-state index contributed by atoms with van der Waals surface area (Å²) in [4.78, 5) is 22.9. The lowest BCUT2D eigenvalue weighted by atomic mass is 9.98. The van der Waals surface area contributed by atoms with Gasteiger partial charge >= 0.3 is 0 Å². The number of rotatable bonds is 5. The number of nitrogens with two attached hydrogens (primary N) is 1. The Kier molecular flexibility index (Phi) is 5.07. The molecule has 0 saturated carbocycles. The van der Waals surface area contributed by atoms with Gasteiger partial charge in [-0.15, -0.1) is 0 Å². The predicted molar refractivity (Wildman–Crippen MR) is 130 cm³/mol. The van der Waals surface area contributed by atoms with Crippen LogP contribution in [0.25, 0.3) is 22.0 Å². The van der Waals surface area contributed by atoms with Gasteiger partial charge in [0.25, 0.3) is 5.91 Å². The molecule has 1 aliphatic rings. The van der Waals surface area contributed by atoms with Crippen LogP contribution in [0.2, 0.25) is 0 Å². The molecule has 0 atom stereocenters. The quantitative estimate of drug-likeness (QED) is 0.276. The van der Waals surface area contributed by atoms with Crippen LogP contribution in [0.3, 0.4) is 0 Å². The van der Waals surface area contributed by atoms with Crippen molar-refractivity contribution in [1.29, 1.82) is 5.41 Å². The zero-order chi connectivity index (χ0) is 22.1. The maximum absolute atomic E-state index is 13.1. The highest BCUT2D eigenvalue weighted by atomic mass is 16.1. The lowest BCUT2D eigenvalue weighted by Gasteiger charge is -2.17. The van der Waals surface area contributed by atoms with Crippen LogP contribution in [-0.4, -0.2) is 35.2 Å². The maximum atomic E-state index is 13.1. The van der Waals surface area contributed by atoms with Crippen molar-refractivity contribution in [2.75, 3.05) is 29.0 Å². The first-order valence-corrected chi connectivity index (χ1v) is 10.7. The number of nitrogens with one attached hydrogen (secondary N) is 3. The average molecular weight is 425 g/mol. The number of anilines is 3. The van der Waals surface area contributed by atoms with Crippen LogP contribution in [0.15, 0.2) is 60.9 Å². The van der Waals surface area contributed by atoms with Crippen molar-refractivity contribution >= 4 is 40.2 Å². The summed E-state index contributed by atoms with van der Waals surface area (Å²) in [5.74, 6) is 0.558. The number of carbonyl (C=O) groups excluding carboxylic acids is 1. The van der Waals surface area contributed by atoms with Gasteiger partial charge in [-0.25, -0.2) is 4.98 Å². The van der Waals surface area contributed by atoms with Crippen molar-refractivity contribution in [2.45, 2.75) is 12.8 Å². The zero-order valence-electron chi connectivity index (χ0n) is 17.6. The number of hydrogen-bond donors (Lipinski definition) is 4. The van der Waals surface area contributed by atoms with Crippen molar-refractivity contribution in [3.05, 3.63) is 72.1 Å². The minimum absolute atomic E-state index is 0.257. The van der Waals surface area contributed by atoms with Crippen LogP contribution >= 0.6 is 0 Å². The zero-order valence-corrected chi connectivity index (χ0v) is 17.6. The van der Waals surface area contributed by atoms with E-state index in [1.54, 1.807) is 12.3 Å². The Labute approximate surface area is 185 Å². The Bertz CT molecular complexity index is 1320. The molecular formula is C25H24N6O. The number of benzene rings is 2. The highest BCUT2D eigenvalue weighted by Gasteiger charge is 2.17. The van der Waals surface area contributed by atoms with E-state index in [0.29, 0.717) is 22.5 Å². The molecule has 7 heteroatoms. The highest BCUT2D eigenvalue weighted by Crippen LogP contribution is 2.34. The Morgan fingerprint density at radius 2 is 2.00 bits per heavy atom. The molecule has 3 heterocycles. The minimum atomic E-state index is -0.257. The first kappa shape index (κ1) is 19.8. The van der Waals surface area contributed by atoms with E-state index in [2.05, 4.69) is 20.2 Å². The number of nitrogen functional groups attached to an aromatic ring is 1. The van der Waals surface area contributed by atoms with Crippen molar-refractivity contribution in [2.24, 2.45) is 0 Å². The van der Waals surface area contributed by atoms with E-state index in [0.717, 1.165) is 53.8 Å². The number of H-pyrrole nitrogens is 1. The smallest absolute Gasteiger partial charge is 0.255 e.